The highest BCUT2D eigenvalue weighted by Crippen LogP contribution is 2.28. The van der Waals surface area contributed by atoms with Crippen LogP contribution in [0.25, 0.3) is 0 Å². The number of hydrogen-bond acceptors (Lipinski definition) is 3. The van der Waals surface area contributed by atoms with Crippen LogP contribution in [-0.4, -0.2) is 37.0 Å². The minimum Gasteiger partial charge on any atom is -0.325 e. The van der Waals surface area contributed by atoms with E-state index in [9.17, 15) is 9.18 Å². The van der Waals surface area contributed by atoms with E-state index < -0.39 is 0 Å². The molecule has 0 aromatic heterocycles. The van der Waals surface area contributed by atoms with Gasteiger partial charge in [0.25, 0.3) is 0 Å². The third kappa shape index (κ3) is 4.12. The van der Waals surface area contributed by atoms with Crippen molar-refractivity contribution in [3.63, 3.8) is 0 Å². The Balaban J connectivity index is 1.70. The summed E-state index contributed by atoms with van der Waals surface area (Å²) >= 11 is 6.31. The maximum Gasteiger partial charge on any atom is 0.238 e. The molecule has 3 rings (SSSR count). The predicted molar refractivity (Wildman–Crippen MR) is 93.7 cm³/mol. The fourth-order valence-electron chi connectivity index (χ4n) is 2.94. The Morgan fingerprint density at radius 2 is 2.12 bits per heavy atom. The van der Waals surface area contributed by atoms with Gasteiger partial charge in [0, 0.05) is 36.4 Å². The summed E-state index contributed by atoms with van der Waals surface area (Å²) in [6.07, 6.45) is 0. The molecule has 1 amide bonds. The van der Waals surface area contributed by atoms with Crippen LogP contribution < -0.4 is 10.6 Å². The number of nitrogens with zero attached hydrogens (tertiary/aromatic N) is 1. The van der Waals surface area contributed by atoms with Crippen molar-refractivity contribution < 1.29 is 9.18 Å². The van der Waals surface area contributed by atoms with Crippen molar-refractivity contribution in [2.75, 3.05) is 31.5 Å². The molecule has 1 unspecified atom stereocenters. The van der Waals surface area contributed by atoms with Gasteiger partial charge in [0.15, 0.2) is 0 Å². The van der Waals surface area contributed by atoms with Gasteiger partial charge in [-0.2, -0.15) is 0 Å². The van der Waals surface area contributed by atoms with Gasteiger partial charge in [0.05, 0.1) is 6.54 Å². The standard InChI is InChI=1S/C18H19ClFN3O/c19-16-7-2-1-6-15(16)17-11-21-8-9-23(17)12-18(24)22-14-5-3-4-13(20)10-14/h1-7,10,17,21H,8-9,11-12H2,(H,22,24). The van der Waals surface area contributed by atoms with E-state index in [1.807, 2.05) is 24.3 Å². The van der Waals surface area contributed by atoms with Gasteiger partial charge in [0.1, 0.15) is 5.82 Å². The van der Waals surface area contributed by atoms with Gasteiger partial charge in [-0.05, 0) is 29.8 Å². The normalized spacial score (nSPS) is 18.3. The highest BCUT2D eigenvalue weighted by molar-refractivity contribution is 6.31. The summed E-state index contributed by atoms with van der Waals surface area (Å²) in [5.41, 5.74) is 1.47. The number of nitrogens with one attached hydrogen (secondary N) is 2. The molecule has 0 bridgehead atoms. The fraction of sp³-hybridized carbons (Fsp3) is 0.278. The van der Waals surface area contributed by atoms with Crippen LogP contribution >= 0.6 is 11.6 Å². The van der Waals surface area contributed by atoms with Crippen molar-refractivity contribution >= 4 is 23.2 Å². The highest BCUT2D eigenvalue weighted by Gasteiger charge is 2.26. The summed E-state index contributed by atoms with van der Waals surface area (Å²) in [5, 5.41) is 6.78. The number of halogens is 2. The Labute approximate surface area is 145 Å². The number of carbonyl (C=O) groups excluding carboxylic acids is 1. The second-order valence-electron chi connectivity index (χ2n) is 5.77. The van der Waals surface area contributed by atoms with E-state index in [2.05, 4.69) is 15.5 Å². The molecular formula is C18H19ClFN3O. The molecule has 0 spiro atoms. The molecule has 1 aliphatic heterocycles. The molecule has 1 atom stereocenters. The number of carbonyl (C=O) groups is 1. The first-order valence-electron chi connectivity index (χ1n) is 7.88. The van der Waals surface area contributed by atoms with Crippen LogP contribution in [0.4, 0.5) is 10.1 Å². The van der Waals surface area contributed by atoms with E-state index in [0.717, 1.165) is 25.2 Å². The minimum atomic E-state index is -0.371. The number of anilines is 1. The Bertz CT molecular complexity index is 725. The fourth-order valence-corrected chi connectivity index (χ4v) is 3.20. The zero-order valence-corrected chi connectivity index (χ0v) is 13.9. The molecule has 1 fully saturated rings. The van der Waals surface area contributed by atoms with Gasteiger partial charge in [-0.3, -0.25) is 9.69 Å². The summed E-state index contributed by atoms with van der Waals surface area (Å²) in [7, 11) is 0. The lowest BCUT2D eigenvalue weighted by Gasteiger charge is -2.36. The van der Waals surface area contributed by atoms with Crippen molar-refractivity contribution in [3.05, 3.63) is 64.9 Å². The molecule has 1 heterocycles. The number of piperazine rings is 1. The summed E-state index contributed by atoms with van der Waals surface area (Å²) in [4.78, 5) is 14.4. The first kappa shape index (κ1) is 16.9. The van der Waals surface area contributed by atoms with Gasteiger partial charge in [-0.1, -0.05) is 35.9 Å². The topological polar surface area (TPSA) is 44.4 Å². The van der Waals surface area contributed by atoms with Crippen LogP contribution in [0, 0.1) is 5.82 Å². The smallest absolute Gasteiger partial charge is 0.238 e. The molecule has 126 valence electrons. The van der Waals surface area contributed by atoms with E-state index in [0.29, 0.717) is 10.7 Å². The Morgan fingerprint density at radius 3 is 2.92 bits per heavy atom. The second-order valence-corrected chi connectivity index (χ2v) is 6.18. The molecule has 0 radical (unpaired) electrons. The van der Waals surface area contributed by atoms with E-state index in [1.54, 1.807) is 12.1 Å². The van der Waals surface area contributed by atoms with Gasteiger partial charge in [0.2, 0.25) is 5.91 Å². The zero-order chi connectivity index (χ0) is 16.9. The summed E-state index contributed by atoms with van der Waals surface area (Å²) < 4.78 is 13.2. The lowest BCUT2D eigenvalue weighted by Crippen LogP contribution is -2.48. The molecule has 0 saturated carbocycles. The van der Waals surface area contributed by atoms with Crippen LogP contribution in [-0.2, 0) is 4.79 Å². The zero-order valence-electron chi connectivity index (χ0n) is 13.1. The second kappa shape index (κ2) is 7.75. The molecule has 2 N–H and O–H groups in total. The van der Waals surface area contributed by atoms with Crippen LogP contribution in [0.15, 0.2) is 48.5 Å². The average molecular weight is 348 g/mol. The maximum atomic E-state index is 13.2. The summed E-state index contributed by atoms with van der Waals surface area (Å²) in [6, 6.07) is 13.6. The van der Waals surface area contributed by atoms with Crippen LogP contribution in [0.2, 0.25) is 5.02 Å². The molecule has 2 aromatic rings. The monoisotopic (exact) mass is 347 g/mol. The van der Waals surface area contributed by atoms with Gasteiger partial charge in [-0.25, -0.2) is 4.39 Å². The minimum absolute atomic E-state index is 0.0331. The highest BCUT2D eigenvalue weighted by atomic mass is 35.5. The van der Waals surface area contributed by atoms with Gasteiger partial charge in [-0.15, -0.1) is 0 Å². The largest absolute Gasteiger partial charge is 0.325 e. The van der Waals surface area contributed by atoms with Gasteiger partial charge < -0.3 is 10.6 Å². The molecule has 0 aliphatic carbocycles. The molecule has 4 nitrogen and oxygen atoms in total. The van der Waals surface area contributed by atoms with E-state index in [4.69, 9.17) is 11.6 Å². The predicted octanol–water partition coefficient (Wildman–Crippen LogP) is 3.06. The number of rotatable bonds is 4. The Kier molecular flexibility index (Phi) is 5.45. The molecule has 2 aromatic carbocycles. The number of benzene rings is 2. The van der Waals surface area contributed by atoms with Crippen molar-refractivity contribution in [1.82, 2.24) is 10.2 Å². The maximum absolute atomic E-state index is 13.2. The summed E-state index contributed by atoms with van der Waals surface area (Å²) in [6.45, 7) is 2.52. The third-order valence-electron chi connectivity index (χ3n) is 4.07. The quantitative estimate of drug-likeness (QED) is 0.893. The van der Waals surface area contributed by atoms with E-state index >= 15 is 0 Å². The molecule has 24 heavy (non-hydrogen) atoms. The molecule has 1 aliphatic rings. The lowest BCUT2D eigenvalue weighted by atomic mass is 10.0. The van der Waals surface area contributed by atoms with Crippen molar-refractivity contribution in [3.8, 4) is 0 Å². The Morgan fingerprint density at radius 1 is 1.29 bits per heavy atom. The third-order valence-corrected chi connectivity index (χ3v) is 4.42. The van der Waals surface area contributed by atoms with E-state index in [1.165, 1.54) is 12.1 Å². The first-order valence-corrected chi connectivity index (χ1v) is 8.26. The number of hydrogen-bond donors (Lipinski definition) is 2. The van der Waals surface area contributed by atoms with Crippen LogP contribution in [0.5, 0.6) is 0 Å². The van der Waals surface area contributed by atoms with Crippen molar-refractivity contribution in [2.45, 2.75) is 6.04 Å². The average Bonchev–Trinajstić information content (AvgIpc) is 2.56. The first-order chi connectivity index (χ1) is 11.6. The van der Waals surface area contributed by atoms with Crippen LogP contribution in [0.1, 0.15) is 11.6 Å². The molecular weight excluding hydrogens is 329 g/mol. The van der Waals surface area contributed by atoms with Crippen LogP contribution in [0.3, 0.4) is 0 Å². The van der Waals surface area contributed by atoms with Crippen molar-refractivity contribution in [2.24, 2.45) is 0 Å². The molecule has 1 saturated heterocycles. The lowest BCUT2D eigenvalue weighted by molar-refractivity contribution is -0.118. The van der Waals surface area contributed by atoms with Gasteiger partial charge >= 0.3 is 0 Å². The molecule has 6 heteroatoms. The number of amides is 1. The van der Waals surface area contributed by atoms with E-state index in [-0.39, 0.29) is 24.3 Å². The summed E-state index contributed by atoms with van der Waals surface area (Å²) in [5.74, 6) is -0.538. The SMILES string of the molecule is O=C(CN1CCNCC1c1ccccc1Cl)Nc1cccc(F)c1. The van der Waals surface area contributed by atoms with Crippen molar-refractivity contribution in [1.29, 1.82) is 0 Å². The Hall–Kier alpha value is -1.95.